The lowest BCUT2D eigenvalue weighted by Crippen LogP contribution is -2.27. The molecule has 120 valence electrons. The maximum absolute atomic E-state index is 12.4. The van der Waals surface area contributed by atoms with Gasteiger partial charge in [0.15, 0.2) is 0 Å². The highest BCUT2D eigenvalue weighted by molar-refractivity contribution is 8.01. The van der Waals surface area contributed by atoms with Gasteiger partial charge in [-0.25, -0.2) is 13.1 Å². The number of amides is 1. The Kier molecular flexibility index (Phi) is 4.38. The van der Waals surface area contributed by atoms with E-state index >= 15 is 0 Å². The molecule has 3 rings (SSSR count). The number of aromatic nitrogens is 1. The Labute approximate surface area is 138 Å². The van der Waals surface area contributed by atoms with Gasteiger partial charge in [-0.1, -0.05) is 6.07 Å². The van der Waals surface area contributed by atoms with Gasteiger partial charge >= 0.3 is 0 Å². The first-order valence-electron chi connectivity index (χ1n) is 6.96. The van der Waals surface area contributed by atoms with Gasteiger partial charge in [-0.2, -0.15) is 0 Å². The van der Waals surface area contributed by atoms with E-state index in [0.717, 1.165) is 10.5 Å². The van der Waals surface area contributed by atoms with Gasteiger partial charge in [0.25, 0.3) is 0 Å². The maximum Gasteiger partial charge on any atom is 0.240 e. The summed E-state index contributed by atoms with van der Waals surface area (Å²) in [6.07, 6.45) is 3.23. The largest absolute Gasteiger partial charge is 0.324 e. The smallest absolute Gasteiger partial charge is 0.240 e. The van der Waals surface area contributed by atoms with Crippen molar-refractivity contribution in [1.82, 2.24) is 9.71 Å². The molecule has 0 spiro atoms. The molecule has 0 fully saturated rings. The number of rotatable bonds is 4. The van der Waals surface area contributed by atoms with Crippen LogP contribution < -0.4 is 10.0 Å². The van der Waals surface area contributed by atoms with Crippen molar-refractivity contribution in [2.75, 3.05) is 5.32 Å². The molecule has 1 unspecified atom stereocenters. The Morgan fingerprint density at radius 2 is 2.17 bits per heavy atom. The molecule has 0 bridgehead atoms. The molecule has 0 aliphatic carbocycles. The Morgan fingerprint density at radius 1 is 1.35 bits per heavy atom. The van der Waals surface area contributed by atoms with Crippen molar-refractivity contribution in [3.8, 4) is 0 Å². The van der Waals surface area contributed by atoms with Crippen molar-refractivity contribution < 1.29 is 13.2 Å². The summed E-state index contributed by atoms with van der Waals surface area (Å²) in [6.45, 7) is 1.97. The number of hydrogen-bond donors (Lipinski definition) is 2. The number of fused-ring (bicyclic) bond motifs is 1. The summed E-state index contributed by atoms with van der Waals surface area (Å²) in [4.78, 5) is 16.7. The van der Waals surface area contributed by atoms with Gasteiger partial charge in [0.1, 0.15) is 0 Å². The first-order valence-corrected chi connectivity index (χ1v) is 9.32. The van der Waals surface area contributed by atoms with Crippen LogP contribution in [0.1, 0.15) is 12.5 Å². The molecule has 2 aromatic rings. The number of nitrogens with one attached hydrogen (secondary N) is 2. The monoisotopic (exact) mass is 349 g/mol. The fourth-order valence-electron chi connectivity index (χ4n) is 2.12. The van der Waals surface area contributed by atoms with E-state index in [1.165, 1.54) is 17.8 Å². The number of thioether (sulfide) groups is 1. The lowest BCUT2D eigenvalue weighted by molar-refractivity contribution is -0.115. The minimum absolute atomic E-state index is 0.121. The second-order valence-corrected chi connectivity index (χ2v) is 8.24. The van der Waals surface area contributed by atoms with Crippen molar-refractivity contribution in [3.63, 3.8) is 0 Å². The molecule has 1 aliphatic rings. The van der Waals surface area contributed by atoms with E-state index in [-0.39, 0.29) is 22.6 Å². The van der Waals surface area contributed by atoms with Gasteiger partial charge in [-0.05, 0) is 36.8 Å². The molecular formula is C15H15N3O3S2. The number of carbonyl (C=O) groups excluding carboxylic acids is 1. The lowest BCUT2D eigenvalue weighted by Gasteiger charge is -2.21. The molecule has 0 radical (unpaired) electrons. The Morgan fingerprint density at radius 3 is 2.91 bits per heavy atom. The maximum atomic E-state index is 12.4. The van der Waals surface area contributed by atoms with E-state index in [4.69, 9.17) is 0 Å². The average molecular weight is 349 g/mol. The zero-order chi connectivity index (χ0) is 16.4. The average Bonchev–Trinajstić information content (AvgIpc) is 2.55. The molecule has 0 saturated heterocycles. The van der Waals surface area contributed by atoms with Gasteiger partial charge in [0, 0.05) is 23.8 Å². The van der Waals surface area contributed by atoms with Gasteiger partial charge in [-0.15, -0.1) is 11.8 Å². The van der Waals surface area contributed by atoms with Crippen LogP contribution in [-0.4, -0.2) is 24.6 Å². The van der Waals surface area contributed by atoms with Crippen LogP contribution in [0.15, 0.2) is 52.5 Å². The van der Waals surface area contributed by atoms with E-state index in [9.17, 15) is 13.2 Å². The summed E-state index contributed by atoms with van der Waals surface area (Å²) in [6, 6.07) is 8.28. The Hall–Kier alpha value is -1.90. The van der Waals surface area contributed by atoms with Crippen LogP contribution in [0.5, 0.6) is 0 Å². The summed E-state index contributed by atoms with van der Waals surface area (Å²) in [5.41, 5.74) is 1.30. The van der Waals surface area contributed by atoms with Gasteiger partial charge in [0.05, 0.1) is 15.8 Å². The molecule has 6 nitrogen and oxygen atoms in total. The standard InChI is InChI=1S/C15H15N3O3S2/c1-10-15(19)18-13-7-12(4-5-14(13)22-10)23(20,21)17-9-11-3-2-6-16-8-11/h2-8,10,17H,9H2,1H3,(H,18,19). The van der Waals surface area contributed by atoms with E-state index in [0.29, 0.717) is 5.69 Å². The molecule has 1 amide bonds. The topological polar surface area (TPSA) is 88.2 Å². The summed E-state index contributed by atoms with van der Waals surface area (Å²) < 4.78 is 27.3. The molecule has 1 aliphatic heterocycles. The van der Waals surface area contributed by atoms with Crippen molar-refractivity contribution in [2.24, 2.45) is 0 Å². The molecule has 1 aromatic carbocycles. The third-order valence-corrected chi connectivity index (χ3v) is 5.96. The van der Waals surface area contributed by atoms with E-state index in [1.807, 2.05) is 6.92 Å². The van der Waals surface area contributed by atoms with Gasteiger partial charge < -0.3 is 5.32 Å². The van der Waals surface area contributed by atoms with Crippen LogP contribution in [-0.2, 0) is 21.4 Å². The normalized spacial score (nSPS) is 17.4. The Balaban J connectivity index is 1.81. The summed E-state index contributed by atoms with van der Waals surface area (Å²) >= 11 is 1.41. The predicted molar refractivity (Wildman–Crippen MR) is 88.7 cm³/mol. The third kappa shape index (κ3) is 3.54. The third-order valence-electron chi connectivity index (χ3n) is 3.38. The van der Waals surface area contributed by atoms with Crippen molar-refractivity contribution in [3.05, 3.63) is 48.3 Å². The van der Waals surface area contributed by atoms with Crippen LogP contribution >= 0.6 is 11.8 Å². The molecule has 8 heteroatoms. The SMILES string of the molecule is CC1Sc2ccc(S(=O)(=O)NCc3cccnc3)cc2NC1=O. The predicted octanol–water partition coefficient (Wildman–Crippen LogP) is 1.99. The quantitative estimate of drug-likeness (QED) is 0.881. The van der Waals surface area contributed by atoms with Crippen molar-refractivity contribution >= 4 is 33.4 Å². The number of nitrogens with zero attached hydrogens (tertiary/aromatic N) is 1. The highest BCUT2D eigenvalue weighted by Gasteiger charge is 2.25. The number of pyridine rings is 1. The molecule has 23 heavy (non-hydrogen) atoms. The van der Waals surface area contributed by atoms with Crippen LogP contribution in [0.3, 0.4) is 0 Å². The second kappa shape index (κ2) is 6.31. The lowest BCUT2D eigenvalue weighted by atomic mass is 10.3. The fraction of sp³-hybridized carbons (Fsp3) is 0.200. The number of sulfonamides is 1. The molecule has 1 aromatic heterocycles. The molecule has 2 heterocycles. The van der Waals surface area contributed by atoms with Crippen LogP contribution in [0, 0.1) is 0 Å². The summed E-state index contributed by atoms with van der Waals surface area (Å²) in [5, 5.41) is 2.55. The molecular weight excluding hydrogens is 334 g/mol. The number of carbonyl (C=O) groups is 1. The number of anilines is 1. The van der Waals surface area contributed by atoms with Gasteiger partial charge in [-0.3, -0.25) is 9.78 Å². The highest BCUT2D eigenvalue weighted by Crippen LogP contribution is 2.36. The zero-order valence-corrected chi connectivity index (χ0v) is 13.9. The van der Waals surface area contributed by atoms with Gasteiger partial charge in [0.2, 0.25) is 15.9 Å². The van der Waals surface area contributed by atoms with Crippen LogP contribution in [0.4, 0.5) is 5.69 Å². The molecule has 1 atom stereocenters. The molecule has 2 N–H and O–H groups in total. The van der Waals surface area contributed by atoms with E-state index < -0.39 is 10.0 Å². The van der Waals surface area contributed by atoms with Crippen molar-refractivity contribution in [1.29, 1.82) is 0 Å². The number of benzene rings is 1. The van der Waals surface area contributed by atoms with Crippen LogP contribution in [0.2, 0.25) is 0 Å². The minimum Gasteiger partial charge on any atom is -0.324 e. The minimum atomic E-state index is -3.66. The first kappa shape index (κ1) is 16.0. The first-order chi connectivity index (χ1) is 11.0. The highest BCUT2D eigenvalue weighted by atomic mass is 32.2. The zero-order valence-electron chi connectivity index (χ0n) is 12.3. The Bertz CT molecular complexity index is 838. The number of hydrogen-bond acceptors (Lipinski definition) is 5. The van der Waals surface area contributed by atoms with E-state index in [1.54, 1.807) is 36.7 Å². The second-order valence-electron chi connectivity index (χ2n) is 5.09. The summed E-state index contributed by atoms with van der Waals surface area (Å²) in [5.74, 6) is -0.125. The molecule has 0 saturated carbocycles. The van der Waals surface area contributed by atoms with Crippen molar-refractivity contribution in [2.45, 2.75) is 28.5 Å². The van der Waals surface area contributed by atoms with E-state index in [2.05, 4.69) is 15.0 Å². The fourth-order valence-corrected chi connectivity index (χ4v) is 4.09. The van der Waals surface area contributed by atoms with Crippen LogP contribution in [0.25, 0.3) is 0 Å². The summed E-state index contributed by atoms with van der Waals surface area (Å²) in [7, 11) is -3.66.